The van der Waals surface area contributed by atoms with Gasteiger partial charge in [-0.2, -0.15) is 0 Å². The van der Waals surface area contributed by atoms with Gasteiger partial charge in [-0.25, -0.2) is 0 Å². The van der Waals surface area contributed by atoms with Crippen molar-refractivity contribution in [2.45, 2.75) is 0 Å². The lowest BCUT2D eigenvalue weighted by molar-refractivity contribution is -0.659. The van der Waals surface area contributed by atoms with Crippen LogP contribution < -0.4 is 20.8 Å². The number of quaternary nitrogens is 2. The fraction of sp³-hybridized carbons (Fsp3) is 0.545. The average molecular weight is 485 g/mol. The average Bonchev–Trinajstić information content (AvgIpc) is 3.55. The predicted molar refractivity (Wildman–Crippen MR) is 117 cm³/mol. The smallest absolute Gasteiger partial charge is 0.0993 e. The Bertz CT molecular complexity index is 606. The van der Waals surface area contributed by atoms with Gasteiger partial charge in [0.15, 0.2) is 0 Å². The summed E-state index contributed by atoms with van der Waals surface area (Å²) in [6, 6.07) is 6.08. The van der Waals surface area contributed by atoms with Gasteiger partial charge in [0.1, 0.15) is 0 Å². The van der Waals surface area contributed by atoms with Crippen LogP contribution in [-0.2, 0) is 18.9 Å². The van der Waals surface area contributed by atoms with E-state index in [-0.39, 0.29) is 11.4 Å². The number of aromatic amines is 2. The molecule has 3 rings (SSSR count). The van der Waals surface area contributed by atoms with E-state index in [1.54, 1.807) is 12.1 Å². The van der Waals surface area contributed by atoms with Gasteiger partial charge in [0.05, 0.1) is 102 Å². The van der Waals surface area contributed by atoms with Crippen LogP contribution in [0.25, 0.3) is 0 Å². The number of rotatable bonds is 2. The lowest BCUT2D eigenvalue weighted by Gasteiger charge is -2.08. The molecular formula is C22H36N4O8. The monoisotopic (exact) mass is 484 g/mol. The van der Waals surface area contributed by atoms with Gasteiger partial charge < -0.3 is 59.4 Å². The number of H-pyrrole nitrogens is 2. The summed E-state index contributed by atoms with van der Waals surface area (Å²) in [4.78, 5) is 24.8. The molecule has 1 aliphatic heterocycles. The number of carboxylic acids is 2. The van der Waals surface area contributed by atoms with Gasteiger partial charge >= 0.3 is 0 Å². The summed E-state index contributed by atoms with van der Waals surface area (Å²) in [5, 5.41) is 24.3. The molecule has 0 unspecified atom stereocenters. The van der Waals surface area contributed by atoms with Crippen LogP contribution in [-0.4, -0.2) is 101 Å². The number of carbonyl (C=O) groups is 2. The SMILES string of the molecule is C1COCCOCC[NH2+]CCOCCOCC[NH2+]1.O=C([O-])c1ccc[nH]1.O=C([O-])c1ccc[nH]1. The topological polar surface area (TPSA) is 182 Å². The Balaban J connectivity index is 0.000000296. The molecule has 1 aliphatic rings. The van der Waals surface area contributed by atoms with Crippen molar-refractivity contribution in [3.05, 3.63) is 48.0 Å². The second-order valence-electron chi connectivity index (χ2n) is 6.92. The summed E-state index contributed by atoms with van der Waals surface area (Å²) in [6.45, 7) is 9.78. The molecule has 1 fully saturated rings. The molecule has 34 heavy (non-hydrogen) atoms. The van der Waals surface area contributed by atoms with E-state index in [9.17, 15) is 19.8 Å². The highest BCUT2D eigenvalue weighted by Gasteiger charge is 1.97. The van der Waals surface area contributed by atoms with E-state index >= 15 is 0 Å². The van der Waals surface area contributed by atoms with E-state index in [1.165, 1.54) is 24.5 Å². The van der Waals surface area contributed by atoms with Crippen molar-refractivity contribution in [2.24, 2.45) is 0 Å². The first-order valence-corrected chi connectivity index (χ1v) is 11.2. The zero-order valence-electron chi connectivity index (χ0n) is 19.4. The minimum absolute atomic E-state index is 0.116. The van der Waals surface area contributed by atoms with E-state index in [0.29, 0.717) is 26.4 Å². The lowest BCUT2D eigenvalue weighted by Crippen LogP contribution is -2.86. The van der Waals surface area contributed by atoms with Crippen molar-refractivity contribution in [3.63, 3.8) is 0 Å². The molecule has 0 spiro atoms. The number of nitrogens with two attached hydrogens (primary N) is 2. The largest absolute Gasteiger partial charge is 0.543 e. The molecule has 2 aromatic heterocycles. The summed E-state index contributed by atoms with van der Waals surface area (Å²) in [6.07, 6.45) is 3.07. The van der Waals surface area contributed by atoms with Gasteiger partial charge in [0, 0.05) is 12.4 Å². The first-order chi connectivity index (χ1) is 16.6. The van der Waals surface area contributed by atoms with Gasteiger partial charge in [0.25, 0.3) is 0 Å². The zero-order chi connectivity index (χ0) is 24.7. The molecule has 6 N–H and O–H groups in total. The summed E-state index contributed by atoms with van der Waals surface area (Å²) in [5.41, 5.74) is 0.231. The number of hydrogen-bond donors (Lipinski definition) is 4. The van der Waals surface area contributed by atoms with Crippen LogP contribution in [0.5, 0.6) is 0 Å². The van der Waals surface area contributed by atoms with Gasteiger partial charge in [-0.3, -0.25) is 0 Å². The summed E-state index contributed by atoms with van der Waals surface area (Å²) < 4.78 is 21.8. The second kappa shape index (κ2) is 20.8. The maximum absolute atomic E-state index is 9.92. The quantitative estimate of drug-likeness (QED) is 0.332. The van der Waals surface area contributed by atoms with Crippen LogP contribution in [0.4, 0.5) is 0 Å². The zero-order valence-corrected chi connectivity index (χ0v) is 19.4. The molecule has 0 atom stereocenters. The molecule has 0 aromatic carbocycles. The number of carbonyl (C=O) groups excluding carboxylic acids is 2. The van der Waals surface area contributed by atoms with Crippen molar-refractivity contribution in [2.75, 3.05) is 79.0 Å². The lowest BCUT2D eigenvalue weighted by atomic mass is 10.4. The van der Waals surface area contributed by atoms with Crippen molar-refractivity contribution < 1.29 is 49.4 Å². The molecular weight excluding hydrogens is 448 g/mol. The van der Waals surface area contributed by atoms with Crippen LogP contribution in [0.1, 0.15) is 21.0 Å². The van der Waals surface area contributed by atoms with Crippen molar-refractivity contribution in [3.8, 4) is 0 Å². The van der Waals surface area contributed by atoms with Crippen molar-refractivity contribution >= 4 is 11.9 Å². The van der Waals surface area contributed by atoms with Gasteiger partial charge in [0.2, 0.25) is 0 Å². The number of carboxylic acid groups (broad SMARTS) is 2. The summed E-state index contributed by atoms with van der Waals surface area (Å²) in [7, 11) is 0. The molecule has 3 heterocycles. The normalized spacial score (nSPS) is 16.9. The molecule has 0 aliphatic carbocycles. The minimum Gasteiger partial charge on any atom is -0.543 e. The van der Waals surface area contributed by atoms with E-state index < -0.39 is 11.9 Å². The number of ether oxygens (including phenoxy) is 4. The maximum atomic E-state index is 9.92. The van der Waals surface area contributed by atoms with Crippen LogP contribution in [0, 0.1) is 0 Å². The van der Waals surface area contributed by atoms with Crippen LogP contribution in [0.15, 0.2) is 36.7 Å². The van der Waals surface area contributed by atoms with Gasteiger partial charge in [-0.15, -0.1) is 0 Å². The first kappa shape index (κ1) is 29.3. The maximum Gasteiger partial charge on any atom is 0.0993 e. The molecule has 0 bridgehead atoms. The first-order valence-electron chi connectivity index (χ1n) is 11.2. The fourth-order valence-corrected chi connectivity index (χ4v) is 2.51. The number of hydrogen-bond acceptors (Lipinski definition) is 8. The Kier molecular flexibility index (Phi) is 18.0. The van der Waals surface area contributed by atoms with Crippen LogP contribution >= 0.6 is 0 Å². The van der Waals surface area contributed by atoms with E-state index in [0.717, 1.165) is 52.6 Å². The molecule has 2 aromatic rings. The Hall–Kier alpha value is -2.74. The molecule has 0 radical (unpaired) electrons. The number of nitrogens with one attached hydrogen (secondary N) is 2. The molecule has 1 saturated heterocycles. The van der Waals surface area contributed by atoms with Crippen LogP contribution in [0.3, 0.4) is 0 Å². The van der Waals surface area contributed by atoms with Gasteiger partial charge in [-0.05, 0) is 24.3 Å². The number of aromatic carboxylic acids is 2. The Morgan fingerprint density at radius 2 is 0.941 bits per heavy atom. The minimum atomic E-state index is -1.17. The van der Waals surface area contributed by atoms with Gasteiger partial charge in [-0.1, -0.05) is 0 Å². The molecule has 192 valence electrons. The fourth-order valence-electron chi connectivity index (χ4n) is 2.51. The highest BCUT2D eigenvalue weighted by molar-refractivity contribution is 5.83. The van der Waals surface area contributed by atoms with E-state index in [2.05, 4.69) is 20.6 Å². The standard InChI is InChI=1S/C12H26N2O4.2C5H5NO2/c1-5-15-9-10-17-7-3-14-4-8-18-12-11-16-6-2-13-1;2*7-5(8)4-2-1-3-6-4/h13-14H,1-12H2;2*1-3,6H,(H,7,8). The van der Waals surface area contributed by atoms with Crippen LogP contribution in [0.2, 0.25) is 0 Å². The molecule has 12 heteroatoms. The molecule has 0 amide bonds. The van der Waals surface area contributed by atoms with E-state index in [4.69, 9.17) is 18.9 Å². The third-order valence-electron chi connectivity index (χ3n) is 4.24. The Morgan fingerprint density at radius 1 is 0.618 bits per heavy atom. The molecule has 12 nitrogen and oxygen atoms in total. The highest BCUT2D eigenvalue weighted by atomic mass is 16.5. The number of aromatic nitrogens is 2. The van der Waals surface area contributed by atoms with E-state index in [1.807, 2.05) is 0 Å². The third kappa shape index (κ3) is 16.8. The Morgan fingerprint density at radius 3 is 1.15 bits per heavy atom. The van der Waals surface area contributed by atoms with Crippen molar-refractivity contribution in [1.82, 2.24) is 9.97 Å². The Labute approximate surface area is 198 Å². The molecule has 0 saturated carbocycles. The summed E-state index contributed by atoms with van der Waals surface area (Å²) in [5.74, 6) is -2.34. The predicted octanol–water partition coefficient (Wildman–Crippen LogP) is -4.05. The summed E-state index contributed by atoms with van der Waals surface area (Å²) >= 11 is 0. The highest BCUT2D eigenvalue weighted by Crippen LogP contribution is 1.90. The second-order valence-corrected chi connectivity index (χ2v) is 6.92. The third-order valence-corrected chi connectivity index (χ3v) is 4.24. The van der Waals surface area contributed by atoms with Crippen molar-refractivity contribution in [1.29, 1.82) is 0 Å².